The number of hydrogen-bond donors (Lipinski definition) is 1. The monoisotopic (exact) mass is 308 g/mol. The summed E-state index contributed by atoms with van der Waals surface area (Å²) in [6.07, 6.45) is 6.53. The van der Waals surface area contributed by atoms with E-state index in [-0.39, 0.29) is 0 Å². The van der Waals surface area contributed by atoms with Gasteiger partial charge in [-0.3, -0.25) is 4.99 Å². The standard InChI is InChI=1S/C18H36N4/c1-4-19-18(22-11-7-8-12-22)20-9-5-6-10-21-14-16(2)13-17(3)15-21/h16-17H,4-15H2,1-3H3,(H,19,20). The van der Waals surface area contributed by atoms with Crippen molar-refractivity contribution >= 4 is 5.96 Å². The van der Waals surface area contributed by atoms with Gasteiger partial charge in [0.1, 0.15) is 0 Å². The number of piperidine rings is 1. The molecule has 0 aliphatic carbocycles. The van der Waals surface area contributed by atoms with E-state index >= 15 is 0 Å². The average molecular weight is 309 g/mol. The Labute approximate surface area is 137 Å². The molecule has 2 unspecified atom stereocenters. The molecule has 0 aromatic carbocycles. The second-order valence-corrected chi connectivity index (χ2v) is 7.34. The molecule has 2 aliphatic rings. The molecule has 4 nitrogen and oxygen atoms in total. The zero-order chi connectivity index (χ0) is 15.8. The maximum Gasteiger partial charge on any atom is 0.193 e. The maximum absolute atomic E-state index is 4.82. The van der Waals surface area contributed by atoms with Crippen LogP contribution < -0.4 is 5.32 Å². The number of aliphatic imine (C=N–C) groups is 1. The van der Waals surface area contributed by atoms with Gasteiger partial charge in [-0.05, 0) is 57.4 Å². The molecular weight excluding hydrogens is 272 g/mol. The van der Waals surface area contributed by atoms with Gasteiger partial charge in [-0.2, -0.15) is 0 Å². The number of rotatable bonds is 6. The van der Waals surface area contributed by atoms with Crippen molar-refractivity contribution in [3.05, 3.63) is 0 Å². The van der Waals surface area contributed by atoms with Gasteiger partial charge < -0.3 is 15.1 Å². The Balaban J connectivity index is 1.65. The lowest BCUT2D eigenvalue weighted by molar-refractivity contribution is 0.139. The van der Waals surface area contributed by atoms with Crippen LogP contribution in [0.5, 0.6) is 0 Å². The number of nitrogens with zero attached hydrogens (tertiary/aromatic N) is 3. The molecule has 128 valence electrons. The summed E-state index contributed by atoms with van der Waals surface area (Å²) in [6, 6.07) is 0. The molecule has 0 radical (unpaired) electrons. The van der Waals surface area contributed by atoms with Crippen molar-refractivity contribution in [1.29, 1.82) is 0 Å². The van der Waals surface area contributed by atoms with E-state index in [0.29, 0.717) is 0 Å². The molecule has 0 saturated carbocycles. The molecule has 2 atom stereocenters. The third-order valence-electron chi connectivity index (χ3n) is 4.83. The van der Waals surface area contributed by atoms with E-state index in [9.17, 15) is 0 Å². The molecule has 2 rings (SSSR count). The highest BCUT2D eigenvalue weighted by molar-refractivity contribution is 5.80. The SMILES string of the molecule is CCNC(=NCCCCN1CC(C)CC(C)C1)N1CCCC1. The Morgan fingerprint density at radius 3 is 2.41 bits per heavy atom. The van der Waals surface area contributed by atoms with Gasteiger partial charge in [0.05, 0.1) is 0 Å². The first-order valence-electron chi connectivity index (χ1n) is 9.44. The van der Waals surface area contributed by atoms with Crippen molar-refractivity contribution in [2.24, 2.45) is 16.8 Å². The number of nitrogens with one attached hydrogen (secondary N) is 1. The summed E-state index contributed by atoms with van der Waals surface area (Å²) in [5.74, 6) is 2.88. The van der Waals surface area contributed by atoms with Crippen LogP contribution in [-0.4, -0.2) is 61.6 Å². The molecule has 0 spiro atoms. The van der Waals surface area contributed by atoms with E-state index < -0.39 is 0 Å². The van der Waals surface area contributed by atoms with Crippen LogP contribution in [0, 0.1) is 11.8 Å². The van der Waals surface area contributed by atoms with E-state index in [1.54, 1.807) is 0 Å². The molecule has 22 heavy (non-hydrogen) atoms. The highest BCUT2D eigenvalue weighted by Crippen LogP contribution is 2.21. The van der Waals surface area contributed by atoms with E-state index in [1.165, 1.54) is 64.8 Å². The lowest BCUT2D eigenvalue weighted by Crippen LogP contribution is -2.40. The van der Waals surface area contributed by atoms with Crippen molar-refractivity contribution < 1.29 is 0 Å². The van der Waals surface area contributed by atoms with Gasteiger partial charge in [-0.15, -0.1) is 0 Å². The van der Waals surface area contributed by atoms with Gasteiger partial charge in [0, 0.05) is 39.3 Å². The lowest BCUT2D eigenvalue weighted by atomic mass is 9.92. The van der Waals surface area contributed by atoms with Crippen LogP contribution in [0.2, 0.25) is 0 Å². The van der Waals surface area contributed by atoms with Gasteiger partial charge in [0.2, 0.25) is 0 Å². The predicted octanol–water partition coefficient (Wildman–Crippen LogP) is 2.81. The zero-order valence-electron chi connectivity index (χ0n) is 15.0. The van der Waals surface area contributed by atoms with E-state index in [0.717, 1.165) is 30.9 Å². The van der Waals surface area contributed by atoms with Crippen LogP contribution in [0.4, 0.5) is 0 Å². The summed E-state index contributed by atoms with van der Waals surface area (Å²) in [6.45, 7) is 15.1. The summed E-state index contributed by atoms with van der Waals surface area (Å²) in [5, 5.41) is 3.44. The normalized spacial score (nSPS) is 27.4. The average Bonchev–Trinajstić information content (AvgIpc) is 2.99. The van der Waals surface area contributed by atoms with E-state index in [1.807, 2.05) is 0 Å². The van der Waals surface area contributed by atoms with Crippen molar-refractivity contribution in [2.75, 3.05) is 45.8 Å². The van der Waals surface area contributed by atoms with Crippen LogP contribution in [0.1, 0.15) is 52.9 Å². The van der Waals surface area contributed by atoms with E-state index in [4.69, 9.17) is 4.99 Å². The first kappa shape index (κ1) is 17.6. The minimum atomic E-state index is 0.872. The molecule has 4 heteroatoms. The summed E-state index contributed by atoms with van der Waals surface area (Å²) in [7, 11) is 0. The highest BCUT2D eigenvalue weighted by atomic mass is 15.3. The fraction of sp³-hybridized carbons (Fsp3) is 0.944. The van der Waals surface area contributed by atoms with E-state index in [2.05, 4.69) is 35.9 Å². The number of unbranched alkanes of at least 4 members (excludes halogenated alkanes) is 1. The van der Waals surface area contributed by atoms with Crippen LogP contribution in [0.3, 0.4) is 0 Å². The summed E-state index contributed by atoms with van der Waals surface area (Å²) in [4.78, 5) is 9.90. The zero-order valence-corrected chi connectivity index (χ0v) is 15.0. The largest absolute Gasteiger partial charge is 0.357 e. The Morgan fingerprint density at radius 1 is 1.09 bits per heavy atom. The second kappa shape index (κ2) is 9.39. The maximum atomic E-state index is 4.82. The Morgan fingerprint density at radius 2 is 1.77 bits per heavy atom. The molecule has 1 N–H and O–H groups in total. The van der Waals surface area contributed by atoms with Crippen molar-refractivity contribution in [1.82, 2.24) is 15.1 Å². The van der Waals surface area contributed by atoms with Crippen molar-refractivity contribution in [3.63, 3.8) is 0 Å². The number of hydrogen-bond acceptors (Lipinski definition) is 2. The summed E-state index contributed by atoms with van der Waals surface area (Å²) >= 11 is 0. The smallest absolute Gasteiger partial charge is 0.193 e. The third-order valence-corrected chi connectivity index (χ3v) is 4.83. The van der Waals surface area contributed by atoms with Gasteiger partial charge >= 0.3 is 0 Å². The molecule has 0 amide bonds. The fourth-order valence-electron chi connectivity index (χ4n) is 3.96. The molecule has 2 aliphatic heterocycles. The second-order valence-electron chi connectivity index (χ2n) is 7.34. The lowest BCUT2D eigenvalue weighted by Gasteiger charge is -2.34. The quantitative estimate of drug-likeness (QED) is 0.465. The Hall–Kier alpha value is -0.770. The minimum absolute atomic E-state index is 0.872. The van der Waals surface area contributed by atoms with Crippen LogP contribution in [0.15, 0.2) is 4.99 Å². The van der Waals surface area contributed by atoms with Gasteiger partial charge in [0.15, 0.2) is 5.96 Å². The van der Waals surface area contributed by atoms with Crippen LogP contribution in [0.25, 0.3) is 0 Å². The summed E-state index contributed by atoms with van der Waals surface area (Å²) < 4.78 is 0. The molecule has 0 aromatic rings. The number of likely N-dealkylation sites (tertiary alicyclic amines) is 2. The molecule has 2 saturated heterocycles. The number of guanidine groups is 1. The third kappa shape index (κ3) is 5.79. The Bertz CT molecular complexity index is 326. The molecule has 0 aromatic heterocycles. The van der Waals surface area contributed by atoms with Crippen molar-refractivity contribution in [3.8, 4) is 0 Å². The highest BCUT2D eigenvalue weighted by Gasteiger charge is 2.21. The molecule has 0 bridgehead atoms. The van der Waals surface area contributed by atoms with Crippen LogP contribution >= 0.6 is 0 Å². The topological polar surface area (TPSA) is 30.9 Å². The van der Waals surface area contributed by atoms with Crippen molar-refractivity contribution in [2.45, 2.75) is 52.9 Å². The predicted molar refractivity (Wildman–Crippen MR) is 95.4 cm³/mol. The van der Waals surface area contributed by atoms with Crippen LogP contribution in [-0.2, 0) is 0 Å². The molecule has 2 fully saturated rings. The van der Waals surface area contributed by atoms with Gasteiger partial charge in [-0.25, -0.2) is 0 Å². The Kier molecular flexibility index (Phi) is 7.50. The summed E-state index contributed by atoms with van der Waals surface area (Å²) in [5.41, 5.74) is 0. The first-order valence-corrected chi connectivity index (χ1v) is 9.44. The first-order chi connectivity index (χ1) is 10.7. The molecular formula is C18H36N4. The fourth-order valence-corrected chi connectivity index (χ4v) is 3.96. The molecule has 2 heterocycles. The van der Waals surface area contributed by atoms with Gasteiger partial charge in [-0.1, -0.05) is 13.8 Å². The minimum Gasteiger partial charge on any atom is -0.357 e. The van der Waals surface area contributed by atoms with Gasteiger partial charge in [0.25, 0.3) is 0 Å².